The summed E-state index contributed by atoms with van der Waals surface area (Å²) in [5, 5.41) is 0. The summed E-state index contributed by atoms with van der Waals surface area (Å²) >= 11 is 0. The van der Waals surface area contributed by atoms with Crippen molar-refractivity contribution in [3.05, 3.63) is 83.3 Å². The lowest BCUT2D eigenvalue weighted by Gasteiger charge is -2.01. The van der Waals surface area contributed by atoms with Gasteiger partial charge in [-0.05, 0) is 49.1 Å². The Kier molecular flexibility index (Phi) is 5.02. The zero-order valence-electron chi connectivity index (χ0n) is 13.6. The molecule has 1 aromatic heterocycles. The Hall–Kier alpha value is -2.94. The Bertz CT molecular complexity index is 830. The van der Waals surface area contributed by atoms with Gasteiger partial charge in [0.1, 0.15) is 12.0 Å². The second-order valence-corrected chi connectivity index (χ2v) is 5.62. The van der Waals surface area contributed by atoms with Crippen LogP contribution in [0.2, 0.25) is 0 Å². The maximum absolute atomic E-state index is 10.3. The highest BCUT2D eigenvalue weighted by Gasteiger charge is 2.11. The summed E-state index contributed by atoms with van der Waals surface area (Å²) in [6.45, 7) is 1.96. The minimum Gasteiger partial charge on any atom is -0.441 e. The number of aldehydes is 1. The van der Waals surface area contributed by atoms with Gasteiger partial charge in [-0.2, -0.15) is 0 Å². The second-order valence-electron chi connectivity index (χ2n) is 5.62. The smallest absolute Gasteiger partial charge is 0.226 e. The lowest BCUT2D eigenvalue weighted by Crippen LogP contribution is -1.93. The van der Waals surface area contributed by atoms with E-state index in [1.165, 1.54) is 11.6 Å². The van der Waals surface area contributed by atoms with Crippen LogP contribution in [0.5, 0.6) is 0 Å². The molecule has 24 heavy (non-hydrogen) atoms. The summed E-state index contributed by atoms with van der Waals surface area (Å²) in [4.78, 5) is 15.0. The number of benzene rings is 2. The van der Waals surface area contributed by atoms with E-state index in [4.69, 9.17) is 4.42 Å². The van der Waals surface area contributed by atoms with Crippen molar-refractivity contribution in [3.63, 3.8) is 0 Å². The molecule has 1 heterocycles. The van der Waals surface area contributed by atoms with E-state index >= 15 is 0 Å². The number of hydrogen-bond donors (Lipinski definition) is 0. The van der Waals surface area contributed by atoms with Gasteiger partial charge in [0, 0.05) is 5.56 Å². The molecule has 0 aliphatic heterocycles. The van der Waals surface area contributed by atoms with Crippen LogP contribution in [0.3, 0.4) is 0 Å². The highest BCUT2D eigenvalue weighted by Crippen LogP contribution is 2.22. The van der Waals surface area contributed by atoms with Gasteiger partial charge in [0.2, 0.25) is 5.89 Å². The summed E-state index contributed by atoms with van der Waals surface area (Å²) in [6, 6.07) is 18.1. The number of aryl methyl sites for hydroxylation is 3. The highest BCUT2D eigenvalue weighted by molar-refractivity contribution is 5.73. The maximum atomic E-state index is 10.3. The second kappa shape index (κ2) is 7.55. The van der Waals surface area contributed by atoms with Crippen molar-refractivity contribution in [3.8, 4) is 11.5 Å². The molecule has 0 spiro atoms. The number of hydrogen-bond acceptors (Lipinski definition) is 3. The molecule has 0 saturated carbocycles. The van der Waals surface area contributed by atoms with Crippen LogP contribution in [0.15, 0.2) is 65.1 Å². The molecular weight excluding hydrogens is 298 g/mol. The van der Waals surface area contributed by atoms with Crippen LogP contribution in [0.4, 0.5) is 0 Å². The molecule has 0 aliphatic rings. The third kappa shape index (κ3) is 3.87. The van der Waals surface area contributed by atoms with Gasteiger partial charge in [0.15, 0.2) is 0 Å². The molecule has 3 heteroatoms. The number of carbonyl (C=O) groups excluding carboxylic acids is 1. The number of oxazole rings is 1. The van der Waals surface area contributed by atoms with Gasteiger partial charge in [0.25, 0.3) is 0 Å². The molecule has 0 N–H and O–H groups in total. The monoisotopic (exact) mass is 317 g/mol. The van der Waals surface area contributed by atoms with Crippen molar-refractivity contribution < 1.29 is 9.21 Å². The van der Waals surface area contributed by atoms with Crippen molar-refractivity contribution in [1.82, 2.24) is 4.98 Å². The average Bonchev–Trinajstić information content (AvgIpc) is 3.01. The lowest BCUT2D eigenvalue weighted by molar-refractivity contribution is -0.104. The number of rotatable bonds is 6. The third-order valence-corrected chi connectivity index (χ3v) is 3.91. The number of nitrogens with zero attached hydrogens (tertiary/aromatic N) is 1. The summed E-state index contributed by atoms with van der Waals surface area (Å²) in [5.41, 5.74) is 4.26. The Balaban J connectivity index is 1.67. The molecule has 0 aliphatic carbocycles. The number of allylic oxidation sites excluding steroid dienone is 1. The Morgan fingerprint density at radius 3 is 2.46 bits per heavy atom. The number of carbonyl (C=O) groups is 1. The summed E-state index contributed by atoms with van der Waals surface area (Å²) < 4.78 is 5.80. The quantitative estimate of drug-likeness (QED) is 0.491. The van der Waals surface area contributed by atoms with E-state index in [1.54, 1.807) is 6.08 Å². The van der Waals surface area contributed by atoms with Gasteiger partial charge in [-0.25, -0.2) is 4.98 Å². The fourth-order valence-electron chi connectivity index (χ4n) is 2.57. The zero-order chi connectivity index (χ0) is 16.8. The van der Waals surface area contributed by atoms with Gasteiger partial charge in [-0.3, -0.25) is 4.79 Å². The van der Waals surface area contributed by atoms with Crippen molar-refractivity contribution in [1.29, 1.82) is 0 Å². The van der Waals surface area contributed by atoms with Crippen LogP contribution >= 0.6 is 0 Å². The first-order chi connectivity index (χ1) is 11.8. The van der Waals surface area contributed by atoms with E-state index in [9.17, 15) is 4.79 Å². The molecule has 0 unspecified atom stereocenters. The molecule has 3 aromatic rings. The predicted molar refractivity (Wildman–Crippen MR) is 95.6 cm³/mol. The van der Waals surface area contributed by atoms with Gasteiger partial charge in [0.05, 0.1) is 5.69 Å². The van der Waals surface area contributed by atoms with Crippen molar-refractivity contribution in [2.75, 3.05) is 0 Å². The summed E-state index contributed by atoms with van der Waals surface area (Å²) in [7, 11) is 0. The van der Waals surface area contributed by atoms with Gasteiger partial charge in [-0.1, -0.05) is 48.5 Å². The molecule has 3 nitrogen and oxygen atoms in total. The van der Waals surface area contributed by atoms with E-state index in [0.717, 1.165) is 41.7 Å². The van der Waals surface area contributed by atoms with Crippen LogP contribution in [-0.4, -0.2) is 11.3 Å². The predicted octanol–water partition coefficient (Wildman–Crippen LogP) is 4.65. The Labute approximate surface area is 141 Å². The molecular formula is C21H19NO2. The molecule has 2 aromatic carbocycles. The van der Waals surface area contributed by atoms with E-state index in [0.29, 0.717) is 5.89 Å². The van der Waals surface area contributed by atoms with Crippen LogP contribution in [0.25, 0.3) is 17.5 Å². The van der Waals surface area contributed by atoms with Crippen molar-refractivity contribution in [2.45, 2.75) is 19.8 Å². The van der Waals surface area contributed by atoms with E-state index in [2.05, 4.69) is 17.1 Å². The molecule has 120 valence electrons. The molecule has 0 bridgehead atoms. The highest BCUT2D eigenvalue weighted by atomic mass is 16.4. The van der Waals surface area contributed by atoms with Crippen LogP contribution in [-0.2, 0) is 17.6 Å². The molecule has 0 amide bonds. The lowest BCUT2D eigenvalue weighted by atomic mass is 10.1. The van der Waals surface area contributed by atoms with E-state index in [-0.39, 0.29) is 0 Å². The SMILES string of the molecule is Cc1oc(-c2ccccc2)nc1CCc1ccc(/C=C/C=O)cc1. The maximum Gasteiger partial charge on any atom is 0.226 e. The zero-order valence-corrected chi connectivity index (χ0v) is 13.6. The van der Waals surface area contributed by atoms with Gasteiger partial charge < -0.3 is 4.42 Å². The van der Waals surface area contributed by atoms with E-state index in [1.807, 2.05) is 49.4 Å². The fourth-order valence-corrected chi connectivity index (χ4v) is 2.57. The molecule has 3 rings (SSSR count). The molecule has 0 saturated heterocycles. The minimum absolute atomic E-state index is 0.678. The third-order valence-electron chi connectivity index (χ3n) is 3.91. The Morgan fingerprint density at radius 2 is 1.75 bits per heavy atom. The van der Waals surface area contributed by atoms with Crippen molar-refractivity contribution >= 4 is 12.4 Å². The fraction of sp³-hybridized carbons (Fsp3) is 0.143. The molecule has 0 atom stereocenters. The first kappa shape index (κ1) is 15.9. The average molecular weight is 317 g/mol. The number of aromatic nitrogens is 1. The standard InChI is InChI=1S/C21H19NO2/c1-16-20(22-21(24-16)19-7-3-2-4-8-19)14-13-18-11-9-17(10-12-18)6-5-15-23/h2-12,15H,13-14H2,1H3/b6-5+. The normalized spacial score (nSPS) is 11.0. The summed E-state index contributed by atoms with van der Waals surface area (Å²) in [6.07, 6.45) is 5.82. The van der Waals surface area contributed by atoms with Crippen LogP contribution < -0.4 is 0 Å². The first-order valence-corrected chi connectivity index (χ1v) is 7.99. The molecule has 0 radical (unpaired) electrons. The Morgan fingerprint density at radius 1 is 1.00 bits per heavy atom. The van der Waals surface area contributed by atoms with Crippen LogP contribution in [0, 0.1) is 6.92 Å². The van der Waals surface area contributed by atoms with E-state index < -0.39 is 0 Å². The summed E-state index contributed by atoms with van der Waals surface area (Å²) in [5.74, 6) is 1.55. The van der Waals surface area contributed by atoms with Crippen LogP contribution in [0.1, 0.15) is 22.6 Å². The largest absolute Gasteiger partial charge is 0.441 e. The van der Waals surface area contributed by atoms with Gasteiger partial charge in [-0.15, -0.1) is 0 Å². The van der Waals surface area contributed by atoms with Crippen molar-refractivity contribution in [2.24, 2.45) is 0 Å². The topological polar surface area (TPSA) is 43.1 Å². The first-order valence-electron chi connectivity index (χ1n) is 7.99. The minimum atomic E-state index is 0.678. The molecule has 0 fully saturated rings. The van der Waals surface area contributed by atoms with Gasteiger partial charge >= 0.3 is 0 Å².